The van der Waals surface area contributed by atoms with Crippen molar-refractivity contribution in [1.82, 2.24) is 14.7 Å². The summed E-state index contributed by atoms with van der Waals surface area (Å²) in [5, 5.41) is 17.1. The maximum absolute atomic E-state index is 12.5. The van der Waals surface area contributed by atoms with Crippen molar-refractivity contribution in [3.8, 4) is 0 Å². The van der Waals surface area contributed by atoms with Gasteiger partial charge in [0.2, 0.25) is 0 Å². The van der Waals surface area contributed by atoms with Crippen LogP contribution in [0.25, 0.3) is 0 Å². The van der Waals surface area contributed by atoms with Crippen molar-refractivity contribution < 1.29 is 9.90 Å². The summed E-state index contributed by atoms with van der Waals surface area (Å²) in [6.07, 6.45) is 3.53. The lowest BCUT2D eigenvalue weighted by atomic mass is 9.99. The second-order valence-electron chi connectivity index (χ2n) is 6.03. The number of rotatable bonds is 4. The first-order valence-electron chi connectivity index (χ1n) is 8.09. The second-order valence-corrected chi connectivity index (χ2v) is 6.44. The minimum absolute atomic E-state index is 0.119. The number of hydrogen-bond donors (Lipinski definition) is 2. The zero-order valence-electron chi connectivity index (χ0n) is 13.4. The second kappa shape index (κ2) is 7.68. The molecule has 3 rings (SSSR count). The third-order valence-electron chi connectivity index (χ3n) is 4.29. The number of carbonyl (C=O) groups is 1. The summed E-state index contributed by atoms with van der Waals surface area (Å²) in [6.45, 7) is 1.90. The standard InChI is InChI=1S/C17H21ClN4O2/c18-15-6-2-1-5-14(15)11-22-16(7-8-19-22)20-17(24)21-9-3-4-13(10-21)12-23/h1-2,5-8,13,23H,3-4,9-12H2,(H,20,24). The number of aliphatic hydroxyl groups excluding tert-OH is 1. The van der Waals surface area contributed by atoms with Crippen molar-refractivity contribution >= 4 is 23.4 Å². The van der Waals surface area contributed by atoms with E-state index >= 15 is 0 Å². The highest BCUT2D eigenvalue weighted by molar-refractivity contribution is 6.31. The number of carbonyl (C=O) groups excluding carboxylic acids is 1. The molecule has 2 N–H and O–H groups in total. The van der Waals surface area contributed by atoms with E-state index in [-0.39, 0.29) is 18.6 Å². The number of nitrogens with zero attached hydrogens (tertiary/aromatic N) is 3. The van der Waals surface area contributed by atoms with Crippen molar-refractivity contribution in [2.45, 2.75) is 19.4 Å². The van der Waals surface area contributed by atoms with E-state index in [0.29, 0.717) is 30.5 Å². The number of anilines is 1. The molecule has 1 aliphatic heterocycles. The molecular formula is C17H21ClN4O2. The quantitative estimate of drug-likeness (QED) is 0.892. The minimum Gasteiger partial charge on any atom is -0.396 e. The molecule has 0 saturated carbocycles. The third kappa shape index (κ3) is 3.88. The summed E-state index contributed by atoms with van der Waals surface area (Å²) in [4.78, 5) is 14.2. The number of aromatic nitrogens is 2. The largest absolute Gasteiger partial charge is 0.396 e. The predicted molar refractivity (Wildman–Crippen MR) is 93.2 cm³/mol. The van der Waals surface area contributed by atoms with Gasteiger partial charge in [-0.2, -0.15) is 5.10 Å². The number of piperidine rings is 1. The molecule has 2 amide bonds. The monoisotopic (exact) mass is 348 g/mol. The first-order valence-corrected chi connectivity index (χ1v) is 8.47. The Kier molecular flexibility index (Phi) is 5.37. The molecule has 0 bridgehead atoms. The fraction of sp³-hybridized carbons (Fsp3) is 0.412. The fourth-order valence-electron chi connectivity index (χ4n) is 2.94. The molecule has 7 heteroatoms. The van der Waals surface area contributed by atoms with Crippen LogP contribution >= 0.6 is 11.6 Å². The molecule has 1 aromatic heterocycles. The van der Waals surface area contributed by atoms with E-state index in [1.807, 2.05) is 24.3 Å². The van der Waals surface area contributed by atoms with Crippen molar-refractivity contribution in [3.63, 3.8) is 0 Å². The molecule has 128 valence electrons. The van der Waals surface area contributed by atoms with E-state index in [2.05, 4.69) is 10.4 Å². The molecule has 2 heterocycles. The average Bonchev–Trinajstić information content (AvgIpc) is 3.04. The van der Waals surface area contributed by atoms with E-state index in [1.165, 1.54) is 0 Å². The molecule has 2 aromatic rings. The number of nitrogens with one attached hydrogen (secondary N) is 1. The first kappa shape index (κ1) is 16.8. The molecule has 24 heavy (non-hydrogen) atoms. The van der Waals surface area contributed by atoms with Gasteiger partial charge in [0.25, 0.3) is 0 Å². The molecular weight excluding hydrogens is 328 g/mol. The van der Waals surface area contributed by atoms with Crippen molar-refractivity contribution in [1.29, 1.82) is 0 Å². The van der Waals surface area contributed by atoms with Gasteiger partial charge in [0, 0.05) is 30.8 Å². The van der Waals surface area contributed by atoms with Gasteiger partial charge in [-0.15, -0.1) is 0 Å². The maximum Gasteiger partial charge on any atom is 0.323 e. The Morgan fingerprint density at radius 2 is 2.21 bits per heavy atom. The summed E-state index contributed by atoms with van der Waals surface area (Å²) >= 11 is 6.19. The van der Waals surface area contributed by atoms with Crippen molar-refractivity contribution in [2.24, 2.45) is 5.92 Å². The number of benzene rings is 1. The lowest BCUT2D eigenvalue weighted by Crippen LogP contribution is -2.43. The maximum atomic E-state index is 12.5. The predicted octanol–water partition coefficient (Wildman–Crippen LogP) is 2.82. The van der Waals surface area contributed by atoms with Crippen LogP contribution in [0.1, 0.15) is 18.4 Å². The molecule has 6 nitrogen and oxygen atoms in total. The van der Waals surface area contributed by atoms with Crippen LogP contribution in [0.5, 0.6) is 0 Å². The Hall–Kier alpha value is -2.05. The number of amides is 2. The van der Waals surface area contributed by atoms with E-state index < -0.39 is 0 Å². The third-order valence-corrected chi connectivity index (χ3v) is 4.66. The first-order chi connectivity index (χ1) is 11.7. The SMILES string of the molecule is O=C(Nc1ccnn1Cc1ccccc1Cl)N1CCCC(CO)C1. The van der Waals surface area contributed by atoms with E-state index in [0.717, 1.165) is 18.4 Å². The lowest BCUT2D eigenvalue weighted by molar-refractivity contribution is 0.136. The van der Waals surface area contributed by atoms with E-state index in [4.69, 9.17) is 11.6 Å². The summed E-state index contributed by atoms with van der Waals surface area (Å²) in [6, 6.07) is 9.18. The highest BCUT2D eigenvalue weighted by Gasteiger charge is 2.23. The molecule has 1 unspecified atom stereocenters. The van der Waals surface area contributed by atoms with Crippen molar-refractivity contribution in [3.05, 3.63) is 47.1 Å². The van der Waals surface area contributed by atoms with Crippen LogP contribution < -0.4 is 5.32 Å². The molecule has 1 aliphatic rings. The highest BCUT2D eigenvalue weighted by Crippen LogP contribution is 2.20. The topological polar surface area (TPSA) is 70.4 Å². The smallest absolute Gasteiger partial charge is 0.323 e. The van der Waals surface area contributed by atoms with Crippen LogP contribution in [0, 0.1) is 5.92 Å². The summed E-state index contributed by atoms with van der Waals surface area (Å²) in [5.41, 5.74) is 0.941. The zero-order chi connectivity index (χ0) is 16.9. The molecule has 0 aliphatic carbocycles. The number of urea groups is 1. The van der Waals surface area contributed by atoms with Crippen molar-refractivity contribution in [2.75, 3.05) is 25.0 Å². The van der Waals surface area contributed by atoms with E-state index in [1.54, 1.807) is 21.8 Å². The number of hydrogen-bond acceptors (Lipinski definition) is 3. The molecule has 0 spiro atoms. The Morgan fingerprint density at radius 3 is 3.00 bits per heavy atom. The number of halogens is 1. The van der Waals surface area contributed by atoms with Gasteiger partial charge in [0.15, 0.2) is 0 Å². The van der Waals surface area contributed by atoms with Gasteiger partial charge in [-0.25, -0.2) is 9.48 Å². The van der Waals surface area contributed by atoms with Gasteiger partial charge in [-0.1, -0.05) is 29.8 Å². The van der Waals surface area contributed by atoms with Gasteiger partial charge in [0.1, 0.15) is 5.82 Å². The normalized spacial score (nSPS) is 17.8. The van der Waals surface area contributed by atoms with Gasteiger partial charge in [-0.05, 0) is 30.4 Å². The fourth-order valence-corrected chi connectivity index (χ4v) is 3.14. The minimum atomic E-state index is -0.158. The van der Waals surface area contributed by atoms with E-state index in [9.17, 15) is 9.90 Å². The molecule has 1 fully saturated rings. The average molecular weight is 349 g/mol. The van der Waals surface area contributed by atoms with Gasteiger partial charge < -0.3 is 10.0 Å². The number of aliphatic hydroxyl groups is 1. The molecule has 1 saturated heterocycles. The Morgan fingerprint density at radius 1 is 1.38 bits per heavy atom. The molecule has 0 radical (unpaired) electrons. The summed E-state index contributed by atoms with van der Waals surface area (Å²) in [5.74, 6) is 0.795. The Bertz CT molecular complexity index is 703. The summed E-state index contributed by atoms with van der Waals surface area (Å²) < 4.78 is 1.71. The van der Waals surface area contributed by atoms with Crippen LogP contribution in [0.15, 0.2) is 36.5 Å². The number of likely N-dealkylation sites (tertiary alicyclic amines) is 1. The van der Waals surface area contributed by atoms with Gasteiger partial charge in [0.05, 0.1) is 12.7 Å². The summed E-state index contributed by atoms with van der Waals surface area (Å²) in [7, 11) is 0. The van der Waals surface area contributed by atoms with Gasteiger partial charge >= 0.3 is 6.03 Å². The van der Waals surface area contributed by atoms with Crippen LogP contribution in [0.2, 0.25) is 5.02 Å². The van der Waals surface area contributed by atoms with Gasteiger partial charge in [-0.3, -0.25) is 5.32 Å². The Balaban J connectivity index is 1.67. The molecule has 1 aromatic carbocycles. The molecule has 1 atom stereocenters. The highest BCUT2D eigenvalue weighted by atomic mass is 35.5. The van der Waals surface area contributed by atoms with Crippen LogP contribution in [0.4, 0.5) is 10.6 Å². The zero-order valence-corrected chi connectivity index (χ0v) is 14.1. The van der Waals surface area contributed by atoms with Crippen LogP contribution in [-0.2, 0) is 6.54 Å². The van der Waals surface area contributed by atoms with Crippen LogP contribution in [-0.4, -0.2) is 45.5 Å². The Labute approximate surface area is 146 Å². The lowest BCUT2D eigenvalue weighted by Gasteiger charge is -2.31. The van der Waals surface area contributed by atoms with Crippen LogP contribution in [0.3, 0.4) is 0 Å².